The summed E-state index contributed by atoms with van der Waals surface area (Å²) in [4.78, 5) is 0. The Bertz CT molecular complexity index is 290. The van der Waals surface area contributed by atoms with Gasteiger partial charge in [0.1, 0.15) is 0 Å². The van der Waals surface area contributed by atoms with E-state index in [0.717, 1.165) is 12.0 Å². The van der Waals surface area contributed by atoms with Crippen LogP contribution in [0.4, 0.5) is 0 Å². The van der Waals surface area contributed by atoms with E-state index in [1.54, 1.807) is 0 Å². The highest BCUT2D eigenvalue weighted by Crippen LogP contribution is 2.46. The van der Waals surface area contributed by atoms with Gasteiger partial charge in [0, 0.05) is 4.75 Å². The van der Waals surface area contributed by atoms with Crippen LogP contribution in [0.1, 0.15) is 31.4 Å². The molecule has 1 aliphatic rings. The summed E-state index contributed by atoms with van der Waals surface area (Å²) >= 11 is 1.90. The first kappa shape index (κ1) is 10.1. The van der Waals surface area contributed by atoms with Crippen LogP contribution in [0, 0.1) is 0 Å². The maximum atomic E-state index is 10.3. The number of hydrogen-bond acceptors (Lipinski definition) is 2. The van der Waals surface area contributed by atoms with Gasteiger partial charge in [0.15, 0.2) is 0 Å². The summed E-state index contributed by atoms with van der Waals surface area (Å²) in [7, 11) is 0. The van der Waals surface area contributed by atoms with Crippen LogP contribution in [-0.4, -0.2) is 15.6 Å². The molecule has 0 spiro atoms. The van der Waals surface area contributed by atoms with E-state index in [4.69, 9.17) is 0 Å². The van der Waals surface area contributed by atoms with Gasteiger partial charge in [-0.05, 0) is 31.1 Å². The number of rotatable bonds is 2. The van der Waals surface area contributed by atoms with E-state index in [0.29, 0.717) is 0 Å². The summed E-state index contributed by atoms with van der Waals surface area (Å²) in [5, 5.41) is 10.3. The number of benzene rings is 1. The molecule has 14 heavy (non-hydrogen) atoms. The van der Waals surface area contributed by atoms with E-state index in [1.807, 2.05) is 42.1 Å². The lowest BCUT2D eigenvalue weighted by Crippen LogP contribution is -2.26. The normalized spacial score (nSPS) is 29.0. The van der Waals surface area contributed by atoms with Crippen LogP contribution in [0.5, 0.6) is 0 Å². The van der Waals surface area contributed by atoms with Gasteiger partial charge < -0.3 is 5.11 Å². The molecular weight excluding hydrogens is 192 g/mol. The van der Waals surface area contributed by atoms with Crippen molar-refractivity contribution in [2.45, 2.75) is 30.6 Å². The molecule has 0 bridgehead atoms. The van der Waals surface area contributed by atoms with E-state index >= 15 is 0 Å². The molecule has 0 aromatic heterocycles. The van der Waals surface area contributed by atoms with Crippen molar-refractivity contribution in [1.29, 1.82) is 0 Å². The van der Waals surface area contributed by atoms with Gasteiger partial charge in [0.25, 0.3) is 0 Å². The Balaban J connectivity index is 2.19. The highest BCUT2D eigenvalue weighted by molar-refractivity contribution is 8.00. The summed E-state index contributed by atoms with van der Waals surface area (Å²) in [6, 6.07) is 9.98. The molecule has 1 heterocycles. The lowest BCUT2D eigenvalue weighted by molar-refractivity contribution is 0.135. The van der Waals surface area contributed by atoms with Crippen LogP contribution in [0.15, 0.2) is 30.3 Å². The zero-order valence-corrected chi connectivity index (χ0v) is 9.26. The Morgan fingerprint density at radius 1 is 1.36 bits per heavy atom. The average Bonchev–Trinajstić information content (AvgIpc) is 2.67. The second-order valence-corrected chi connectivity index (χ2v) is 5.71. The molecule has 0 radical (unpaired) electrons. The molecule has 1 aliphatic heterocycles. The fraction of sp³-hybridized carbons (Fsp3) is 0.500. The summed E-state index contributed by atoms with van der Waals surface area (Å²) < 4.78 is 0.0291. The van der Waals surface area contributed by atoms with Gasteiger partial charge in [-0.1, -0.05) is 30.3 Å². The van der Waals surface area contributed by atoms with Gasteiger partial charge in [0.2, 0.25) is 0 Å². The zero-order valence-electron chi connectivity index (χ0n) is 8.44. The largest absolute Gasteiger partial charge is 0.387 e. The quantitative estimate of drug-likeness (QED) is 0.806. The first-order chi connectivity index (χ1) is 6.72. The standard InChI is InChI=1S/C12H16OS/c1-12(8-5-9-14-12)11(13)10-6-3-2-4-7-10/h2-4,6-7,11,13H,5,8-9H2,1H3. The maximum Gasteiger partial charge on any atom is 0.0933 e. The molecular formula is C12H16OS. The van der Waals surface area contributed by atoms with Gasteiger partial charge in [-0.2, -0.15) is 11.8 Å². The minimum Gasteiger partial charge on any atom is -0.387 e. The van der Waals surface area contributed by atoms with Crippen molar-refractivity contribution in [2.75, 3.05) is 5.75 Å². The van der Waals surface area contributed by atoms with Crippen molar-refractivity contribution in [3.63, 3.8) is 0 Å². The Hall–Kier alpha value is -0.470. The monoisotopic (exact) mass is 208 g/mol. The second-order valence-electron chi connectivity index (χ2n) is 4.08. The maximum absolute atomic E-state index is 10.3. The zero-order chi connectivity index (χ0) is 10.0. The first-order valence-corrected chi connectivity index (χ1v) is 6.08. The molecule has 2 heteroatoms. The van der Waals surface area contributed by atoms with Crippen LogP contribution < -0.4 is 0 Å². The van der Waals surface area contributed by atoms with E-state index in [-0.39, 0.29) is 10.9 Å². The molecule has 1 N–H and O–H groups in total. The molecule has 0 amide bonds. The summed E-state index contributed by atoms with van der Waals surface area (Å²) in [5.41, 5.74) is 1.05. The van der Waals surface area contributed by atoms with Crippen molar-refractivity contribution in [3.05, 3.63) is 35.9 Å². The Labute approximate surface area is 89.5 Å². The molecule has 1 nitrogen and oxygen atoms in total. The van der Waals surface area contributed by atoms with E-state index in [2.05, 4.69) is 6.92 Å². The molecule has 1 aromatic carbocycles. The summed E-state index contributed by atoms with van der Waals surface area (Å²) in [6.07, 6.45) is 2.02. The highest BCUT2D eigenvalue weighted by atomic mass is 32.2. The van der Waals surface area contributed by atoms with Gasteiger partial charge in [-0.15, -0.1) is 0 Å². The Morgan fingerprint density at radius 2 is 2.07 bits per heavy atom. The van der Waals surface area contributed by atoms with Crippen molar-refractivity contribution in [3.8, 4) is 0 Å². The van der Waals surface area contributed by atoms with Crippen LogP contribution in [-0.2, 0) is 0 Å². The molecule has 2 unspecified atom stereocenters. The Kier molecular flexibility index (Phi) is 2.84. The van der Waals surface area contributed by atoms with E-state index in [1.165, 1.54) is 12.2 Å². The van der Waals surface area contributed by atoms with Crippen LogP contribution in [0.2, 0.25) is 0 Å². The number of aliphatic hydroxyl groups is 1. The number of aliphatic hydroxyl groups excluding tert-OH is 1. The lowest BCUT2D eigenvalue weighted by atomic mass is 9.93. The summed E-state index contributed by atoms with van der Waals surface area (Å²) in [5.74, 6) is 1.18. The third-order valence-corrected chi connectivity index (χ3v) is 4.52. The smallest absolute Gasteiger partial charge is 0.0933 e. The van der Waals surface area contributed by atoms with Gasteiger partial charge in [0.05, 0.1) is 6.10 Å². The SMILES string of the molecule is CC1(C(O)c2ccccc2)CCCS1. The van der Waals surface area contributed by atoms with Crippen molar-refractivity contribution >= 4 is 11.8 Å². The second kappa shape index (κ2) is 3.95. The lowest BCUT2D eigenvalue weighted by Gasteiger charge is -2.29. The molecule has 0 saturated carbocycles. The van der Waals surface area contributed by atoms with E-state index < -0.39 is 0 Å². The molecule has 1 aromatic rings. The average molecular weight is 208 g/mol. The molecule has 2 rings (SSSR count). The van der Waals surface area contributed by atoms with Gasteiger partial charge in [-0.3, -0.25) is 0 Å². The third kappa shape index (κ3) is 1.82. The minimum absolute atomic E-state index is 0.0291. The predicted molar refractivity (Wildman–Crippen MR) is 61.5 cm³/mol. The number of hydrogen-bond donors (Lipinski definition) is 1. The van der Waals surface area contributed by atoms with Gasteiger partial charge in [-0.25, -0.2) is 0 Å². The fourth-order valence-corrected chi connectivity index (χ4v) is 3.34. The van der Waals surface area contributed by atoms with Crippen molar-refractivity contribution in [2.24, 2.45) is 0 Å². The summed E-state index contributed by atoms with van der Waals surface area (Å²) in [6.45, 7) is 2.17. The molecule has 1 fully saturated rings. The molecule has 1 saturated heterocycles. The minimum atomic E-state index is -0.323. The van der Waals surface area contributed by atoms with E-state index in [9.17, 15) is 5.11 Å². The Morgan fingerprint density at radius 3 is 2.64 bits per heavy atom. The van der Waals surface area contributed by atoms with Gasteiger partial charge >= 0.3 is 0 Å². The van der Waals surface area contributed by atoms with Crippen LogP contribution in [0.3, 0.4) is 0 Å². The molecule has 0 aliphatic carbocycles. The fourth-order valence-electron chi connectivity index (χ4n) is 2.00. The highest BCUT2D eigenvalue weighted by Gasteiger charge is 2.37. The van der Waals surface area contributed by atoms with Crippen LogP contribution >= 0.6 is 11.8 Å². The molecule has 2 atom stereocenters. The first-order valence-electron chi connectivity index (χ1n) is 5.09. The van der Waals surface area contributed by atoms with Crippen molar-refractivity contribution < 1.29 is 5.11 Å². The van der Waals surface area contributed by atoms with Crippen LogP contribution in [0.25, 0.3) is 0 Å². The predicted octanol–water partition coefficient (Wildman–Crippen LogP) is 3.01. The van der Waals surface area contributed by atoms with Crippen molar-refractivity contribution in [1.82, 2.24) is 0 Å². The third-order valence-electron chi connectivity index (χ3n) is 2.94. The topological polar surface area (TPSA) is 20.2 Å². The molecule has 76 valence electrons. The number of thioether (sulfide) groups is 1.